The van der Waals surface area contributed by atoms with Crippen LogP contribution in [0, 0.1) is 0 Å². The highest BCUT2D eigenvalue weighted by Crippen LogP contribution is 2.44. The Hall–Kier alpha value is -3.39. The molecule has 1 aliphatic carbocycles. The van der Waals surface area contributed by atoms with E-state index in [0.29, 0.717) is 13.2 Å². The number of benzene rings is 2. The van der Waals surface area contributed by atoms with Crippen LogP contribution in [0.1, 0.15) is 43.2 Å². The molecule has 2 amide bonds. The van der Waals surface area contributed by atoms with Gasteiger partial charge in [0.15, 0.2) is 0 Å². The molecule has 2 bridgehead atoms. The first-order chi connectivity index (χ1) is 16.3. The molecular formula is C26H28N2O6. The molecule has 34 heavy (non-hydrogen) atoms. The SMILES string of the molecule is CC12CC(CO1)N(C(=O)C(CCC(=O)O)NC(=O)OCC1c3ccccc3-c3ccccc31)C2. The molecule has 0 saturated carbocycles. The molecule has 3 aliphatic rings. The van der Waals surface area contributed by atoms with Crippen LogP contribution < -0.4 is 5.32 Å². The average Bonchev–Trinajstić information content (AvgIpc) is 3.48. The van der Waals surface area contributed by atoms with Gasteiger partial charge in [-0.1, -0.05) is 48.5 Å². The fourth-order valence-corrected chi connectivity index (χ4v) is 5.48. The normalized spacial score (nSPS) is 23.3. The monoisotopic (exact) mass is 464 g/mol. The summed E-state index contributed by atoms with van der Waals surface area (Å²) in [5.41, 5.74) is 4.07. The quantitative estimate of drug-likeness (QED) is 0.652. The topological polar surface area (TPSA) is 105 Å². The van der Waals surface area contributed by atoms with E-state index in [1.54, 1.807) is 4.90 Å². The molecule has 178 valence electrons. The minimum absolute atomic E-state index is 0.000840. The summed E-state index contributed by atoms with van der Waals surface area (Å²) >= 11 is 0. The van der Waals surface area contributed by atoms with Gasteiger partial charge in [-0.05, 0) is 35.6 Å². The van der Waals surface area contributed by atoms with E-state index in [1.165, 1.54) is 0 Å². The van der Waals surface area contributed by atoms with Gasteiger partial charge in [-0.3, -0.25) is 9.59 Å². The first kappa shape index (κ1) is 22.4. The van der Waals surface area contributed by atoms with Gasteiger partial charge in [0.05, 0.1) is 18.2 Å². The number of carboxylic acids is 1. The number of ether oxygens (including phenoxy) is 2. The first-order valence-corrected chi connectivity index (χ1v) is 11.6. The molecule has 2 aromatic rings. The van der Waals surface area contributed by atoms with E-state index in [2.05, 4.69) is 17.4 Å². The minimum atomic E-state index is -1.02. The maximum atomic E-state index is 13.2. The number of amides is 2. The number of aliphatic carboxylic acids is 1. The number of nitrogens with zero attached hydrogens (tertiary/aromatic N) is 1. The number of rotatable bonds is 7. The fraction of sp³-hybridized carbons (Fsp3) is 0.423. The van der Waals surface area contributed by atoms with Gasteiger partial charge in [0.1, 0.15) is 12.6 Å². The molecule has 0 radical (unpaired) electrons. The molecule has 2 fully saturated rings. The molecular weight excluding hydrogens is 436 g/mol. The van der Waals surface area contributed by atoms with Crippen LogP contribution in [0.15, 0.2) is 48.5 Å². The number of nitrogens with one attached hydrogen (secondary N) is 1. The number of carbonyl (C=O) groups excluding carboxylic acids is 2. The summed E-state index contributed by atoms with van der Waals surface area (Å²) in [6.45, 7) is 2.98. The Morgan fingerprint density at radius 3 is 2.35 bits per heavy atom. The Bertz CT molecular complexity index is 1090. The lowest BCUT2D eigenvalue weighted by Crippen LogP contribution is -2.53. The second-order valence-electron chi connectivity index (χ2n) is 9.54. The fourth-order valence-electron chi connectivity index (χ4n) is 5.48. The number of alkyl carbamates (subject to hydrolysis) is 1. The van der Waals surface area contributed by atoms with Crippen LogP contribution in [0.5, 0.6) is 0 Å². The van der Waals surface area contributed by atoms with Gasteiger partial charge in [-0.25, -0.2) is 4.79 Å². The van der Waals surface area contributed by atoms with Crippen molar-refractivity contribution in [2.24, 2.45) is 0 Å². The highest BCUT2D eigenvalue weighted by Gasteiger charge is 2.50. The standard InChI is InChI=1S/C26H28N2O6/c1-26-12-16(13-34-26)28(15-26)24(31)22(10-11-23(29)30)27-25(32)33-14-21-19-8-4-2-6-17(19)18-7-3-5-9-20(18)21/h2-9,16,21-22H,10-15H2,1H3,(H,27,32)(H,29,30). The van der Waals surface area contributed by atoms with Crippen LogP contribution >= 0.6 is 0 Å². The highest BCUT2D eigenvalue weighted by molar-refractivity contribution is 5.87. The zero-order chi connectivity index (χ0) is 23.9. The molecule has 0 spiro atoms. The first-order valence-electron chi connectivity index (χ1n) is 11.6. The Morgan fingerprint density at radius 1 is 1.15 bits per heavy atom. The Balaban J connectivity index is 1.26. The lowest BCUT2D eigenvalue weighted by molar-refractivity contribution is -0.141. The van der Waals surface area contributed by atoms with Crippen molar-refractivity contribution < 1.29 is 29.0 Å². The Morgan fingerprint density at radius 2 is 1.79 bits per heavy atom. The average molecular weight is 465 g/mol. The second-order valence-corrected chi connectivity index (χ2v) is 9.54. The highest BCUT2D eigenvalue weighted by atomic mass is 16.5. The maximum Gasteiger partial charge on any atom is 0.407 e. The van der Waals surface area contributed by atoms with Crippen molar-refractivity contribution in [1.82, 2.24) is 10.2 Å². The number of likely N-dealkylation sites (tertiary alicyclic amines) is 1. The zero-order valence-electron chi connectivity index (χ0n) is 19.0. The minimum Gasteiger partial charge on any atom is -0.481 e. The van der Waals surface area contributed by atoms with Gasteiger partial charge in [0, 0.05) is 25.3 Å². The number of hydrogen-bond donors (Lipinski definition) is 2. The molecule has 0 aromatic heterocycles. The van der Waals surface area contributed by atoms with Crippen molar-refractivity contribution in [3.8, 4) is 11.1 Å². The predicted molar refractivity (Wildman–Crippen MR) is 123 cm³/mol. The molecule has 2 aromatic carbocycles. The van der Waals surface area contributed by atoms with E-state index in [-0.39, 0.29) is 42.9 Å². The number of fused-ring (bicyclic) bond motifs is 5. The molecule has 3 unspecified atom stereocenters. The summed E-state index contributed by atoms with van der Waals surface area (Å²) in [5, 5.41) is 11.8. The number of hydrogen-bond acceptors (Lipinski definition) is 5. The van der Waals surface area contributed by atoms with Crippen LogP contribution in [0.4, 0.5) is 4.79 Å². The van der Waals surface area contributed by atoms with Crippen LogP contribution in [0.25, 0.3) is 11.1 Å². The van der Waals surface area contributed by atoms with E-state index in [9.17, 15) is 14.4 Å². The number of carboxylic acid groups (broad SMARTS) is 1. The zero-order valence-corrected chi connectivity index (χ0v) is 19.0. The van der Waals surface area contributed by atoms with Crippen LogP contribution in [0.2, 0.25) is 0 Å². The summed E-state index contributed by atoms with van der Waals surface area (Å²) in [7, 11) is 0. The van der Waals surface area contributed by atoms with E-state index >= 15 is 0 Å². The van der Waals surface area contributed by atoms with Crippen LogP contribution in [-0.4, -0.2) is 65.4 Å². The molecule has 2 N–H and O–H groups in total. The lowest BCUT2D eigenvalue weighted by atomic mass is 9.98. The van der Waals surface area contributed by atoms with Gasteiger partial charge in [0.2, 0.25) is 5.91 Å². The van der Waals surface area contributed by atoms with Gasteiger partial charge in [0.25, 0.3) is 0 Å². The van der Waals surface area contributed by atoms with E-state index in [1.807, 2.05) is 43.3 Å². The van der Waals surface area contributed by atoms with Crippen molar-refractivity contribution in [2.45, 2.75) is 49.8 Å². The third-order valence-corrected chi connectivity index (χ3v) is 7.10. The van der Waals surface area contributed by atoms with E-state index in [4.69, 9.17) is 14.6 Å². The van der Waals surface area contributed by atoms with Crippen LogP contribution in [-0.2, 0) is 19.1 Å². The molecule has 3 atom stereocenters. The van der Waals surface area contributed by atoms with E-state index < -0.39 is 18.1 Å². The largest absolute Gasteiger partial charge is 0.481 e. The molecule has 8 heteroatoms. The van der Waals surface area contributed by atoms with Gasteiger partial charge in [-0.15, -0.1) is 0 Å². The van der Waals surface area contributed by atoms with Crippen molar-refractivity contribution in [2.75, 3.05) is 19.8 Å². The molecule has 2 aliphatic heterocycles. The van der Waals surface area contributed by atoms with Gasteiger partial charge in [-0.2, -0.15) is 0 Å². The summed E-state index contributed by atoms with van der Waals surface area (Å²) in [5.74, 6) is -1.41. The predicted octanol–water partition coefficient (Wildman–Crippen LogP) is 3.15. The number of carbonyl (C=O) groups is 3. The molecule has 8 nitrogen and oxygen atoms in total. The lowest BCUT2D eigenvalue weighted by Gasteiger charge is -2.33. The van der Waals surface area contributed by atoms with Gasteiger partial charge < -0.3 is 24.8 Å². The van der Waals surface area contributed by atoms with Crippen molar-refractivity contribution in [3.05, 3.63) is 59.7 Å². The summed E-state index contributed by atoms with van der Waals surface area (Å²) in [6.07, 6.45) is -0.210. The van der Waals surface area contributed by atoms with Crippen molar-refractivity contribution in [3.63, 3.8) is 0 Å². The summed E-state index contributed by atoms with van der Waals surface area (Å²) in [6, 6.07) is 15.1. The van der Waals surface area contributed by atoms with E-state index in [0.717, 1.165) is 28.7 Å². The van der Waals surface area contributed by atoms with Crippen molar-refractivity contribution >= 4 is 18.0 Å². The third kappa shape index (κ3) is 4.14. The third-order valence-electron chi connectivity index (χ3n) is 7.10. The maximum absolute atomic E-state index is 13.2. The molecule has 2 heterocycles. The molecule has 5 rings (SSSR count). The molecule has 2 saturated heterocycles. The number of morpholine rings is 1. The van der Waals surface area contributed by atoms with Gasteiger partial charge >= 0.3 is 12.1 Å². The van der Waals surface area contributed by atoms with Crippen molar-refractivity contribution in [1.29, 1.82) is 0 Å². The Labute approximate surface area is 197 Å². The smallest absolute Gasteiger partial charge is 0.407 e. The Kier molecular flexibility index (Phi) is 5.77. The second kappa shape index (κ2) is 8.76. The van der Waals surface area contributed by atoms with Crippen LogP contribution in [0.3, 0.4) is 0 Å². The summed E-state index contributed by atoms with van der Waals surface area (Å²) < 4.78 is 11.3. The summed E-state index contributed by atoms with van der Waals surface area (Å²) in [4.78, 5) is 38.8.